The molecular weight excluding hydrogens is 282 g/mol. The van der Waals surface area contributed by atoms with Crippen LogP contribution in [0.5, 0.6) is 0 Å². The zero-order chi connectivity index (χ0) is 15.9. The van der Waals surface area contributed by atoms with Crippen LogP contribution in [0.2, 0.25) is 0 Å². The van der Waals surface area contributed by atoms with Gasteiger partial charge in [-0.05, 0) is 12.3 Å². The van der Waals surface area contributed by atoms with E-state index in [0.29, 0.717) is 12.5 Å². The molecule has 3 saturated heterocycles. The SMILES string of the molecule is CC(C)CN1CC2(C1)CN(C(=O)CCO)C[C@H]1C[C@@H](O)CN12. The number of hydrogen-bond donors (Lipinski definition) is 2. The van der Waals surface area contributed by atoms with Crippen molar-refractivity contribution in [2.45, 2.75) is 44.4 Å². The first-order valence-electron chi connectivity index (χ1n) is 8.49. The Balaban J connectivity index is 1.71. The van der Waals surface area contributed by atoms with E-state index in [9.17, 15) is 9.90 Å². The molecule has 2 N–H and O–H groups in total. The van der Waals surface area contributed by atoms with Gasteiger partial charge in [-0.25, -0.2) is 0 Å². The Morgan fingerprint density at radius 1 is 1.27 bits per heavy atom. The zero-order valence-electron chi connectivity index (χ0n) is 13.7. The van der Waals surface area contributed by atoms with Crippen LogP contribution in [-0.2, 0) is 4.79 Å². The molecule has 0 radical (unpaired) electrons. The number of amides is 1. The van der Waals surface area contributed by atoms with Gasteiger partial charge in [0.2, 0.25) is 5.91 Å². The molecule has 0 bridgehead atoms. The second kappa shape index (κ2) is 6.07. The fourth-order valence-corrected chi connectivity index (χ4v) is 4.57. The Kier molecular flexibility index (Phi) is 4.47. The maximum Gasteiger partial charge on any atom is 0.224 e. The van der Waals surface area contributed by atoms with Crippen molar-refractivity contribution in [3.05, 3.63) is 0 Å². The molecule has 1 amide bonds. The molecule has 0 saturated carbocycles. The smallest absolute Gasteiger partial charge is 0.224 e. The fourth-order valence-electron chi connectivity index (χ4n) is 4.57. The van der Waals surface area contributed by atoms with E-state index in [-0.39, 0.29) is 36.6 Å². The molecule has 0 aromatic rings. The molecule has 0 aromatic heterocycles. The highest BCUT2D eigenvalue weighted by molar-refractivity contribution is 5.76. The predicted octanol–water partition coefficient (Wildman–Crippen LogP) is -0.643. The molecule has 0 aliphatic carbocycles. The lowest BCUT2D eigenvalue weighted by Gasteiger charge is -2.61. The van der Waals surface area contributed by atoms with Gasteiger partial charge in [0.15, 0.2) is 0 Å². The third kappa shape index (κ3) is 2.89. The number of nitrogens with zero attached hydrogens (tertiary/aromatic N) is 3. The summed E-state index contributed by atoms with van der Waals surface area (Å²) in [7, 11) is 0. The van der Waals surface area contributed by atoms with E-state index in [2.05, 4.69) is 23.6 Å². The molecule has 126 valence electrons. The number of likely N-dealkylation sites (tertiary alicyclic amines) is 1. The van der Waals surface area contributed by atoms with E-state index < -0.39 is 0 Å². The summed E-state index contributed by atoms with van der Waals surface area (Å²) in [4.78, 5) is 19.1. The van der Waals surface area contributed by atoms with Crippen LogP contribution < -0.4 is 0 Å². The summed E-state index contributed by atoms with van der Waals surface area (Å²) >= 11 is 0. The van der Waals surface area contributed by atoms with E-state index in [1.54, 1.807) is 0 Å². The van der Waals surface area contributed by atoms with Crippen LogP contribution in [-0.4, -0.2) is 94.4 Å². The minimum atomic E-state index is -0.270. The Hall–Kier alpha value is -0.690. The van der Waals surface area contributed by atoms with Crippen LogP contribution in [0.4, 0.5) is 0 Å². The number of β-amino-alcohol motifs (C(OH)–C–C–N with tert-alkyl or cyclic N) is 1. The Bertz CT molecular complexity index is 423. The van der Waals surface area contributed by atoms with Crippen molar-refractivity contribution in [1.29, 1.82) is 0 Å². The standard InChI is InChI=1S/C16H29N3O3/c1-12(2)6-17-9-16(10-17)11-18(15(22)3-4-20)7-13-5-14(21)8-19(13)16/h12-14,20-21H,3-11H2,1-2H3/t13-,14-/m1/s1. The maximum atomic E-state index is 12.2. The van der Waals surface area contributed by atoms with E-state index in [0.717, 1.165) is 39.1 Å². The summed E-state index contributed by atoms with van der Waals surface area (Å²) in [5.41, 5.74) is 0.0143. The first-order chi connectivity index (χ1) is 10.4. The van der Waals surface area contributed by atoms with Gasteiger partial charge in [0.1, 0.15) is 0 Å². The van der Waals surface area contributed by atoms with Gasteiger partial charge in [0.25, 0.3) is 0 Å². The third-order valence-electron chi connectivity index (χ3n) is 5.26. The van der Waals surface area contributed by atoms with E-state index in [4.69, 9.17) is 5.11 Å². The van der Waals surface area contributed by atoms with E-state index >= 15 is 0 Å². The molecule has 6 heteroatoms. The summed E-state index contributed by atoms with van der Waals surface area (Å²) in [6.45, 7) is 9.60. The predicted molar refractivity (Wildman–Crippen MR) is 83.4 cm³/mol. The van der Waals surface area contributed by atoms with Gasteiger partial charge in [-0.3, -0.25) is 14.6 Å². The van der Waals surface area contributed by atoms with Crippen molar-refractivity contribution in [3.63, 3.8) is 0 Å². The highest BCUT2D eigenvalue weighted by Crippen LogP contribution is 2.39. The largest absolute Gasteiger partial charge is 0.396 e. The van der Waals surface area contributed by atoms with Crippen molar-refractivity contribution in [2.24, 2.45) is 5.92 Å². The second-order valence-corrected chi connectivity index (χ2v) is 7.73. The van der Waals surface area contributed by atoms with Gasteiger partial charge in [-0.1, -0.05) is 13.8 Å². The van der Waals surface area contributed by atoms with Crippen molar-refractivity contribution >= 4 is 5.91 Å². The summed E-state index contributed by atoms with van der Waals surface area (Å²) in [6, 6.07) is 0.271. The van der Waals surface area contributed by atoms with Crippen LogP contribution >= 0.6 is 0 Å². The molecule has 3 heterocycles. The lowest BCUT2D eigenvalue weighted by atomic mass is 9.83. The van der Waals surface area contributed by atoms with Gasteiger partial charge < -0.3 is 15.1 Å². The van der Waals surface area contributed by atoms with Gasteiger partial charge in [-0.15, -0.1) is 0 Å². The molecule has 1 spiro atoms. The van der Waals surface area contributed by atoms with Gasteiger partial charge >= 0.3 is 0 Å². The van der Waals surface area contributed by atoms with Crippen molar-refractivity contribution in [1.82, 2.24) is 14.7 Å². The fraction of sp³-hybridized carbons (Fsp3) is 0.938. The number of aliphatic hydroxyl groups is 2. The van der Waals surface area contributed by atoms with E-state index in [1.807, 2.05) is 4.90 Å². The van der Waals surface area contributed by atoms with Gasteiger partial charge in [-0.2, -0.15) is 0 Å². The van der Waals surface area contributed by atoms with Crippen LogP contribution in [0.3, 0.4) is 0 Å². The number of rotatable bonds is 4. The van der Waals surface area contributed by atoms with Gasteiger partial charge in [0, 0.05) is 51.7 Å². The lowest BCUT2D eigenvalue weighted by molar-refractivity contribution is -0.151. The third-order valence-corrected chi connectivity index (χ3v) is 5.26. The summed E-state index contributed by atoms with van der Waals surface area (Å²) < 4.78 is 0. The van der Waals surface area contributed by atoms with Crippen LogP contribution in [0.15, 0.2) is 0 Å². The average molecular weight is 311 g/mol. The first-order valence-corrected chi connectivity index (χ1v) is 8.49. The number of carbonyl (C=O) groups is 1. The molecule has 3 fully saturated rings. The maximum absolute atomic E-state index is 12.2. The summed E-state index contributed by atoms with van der Waals surface area (Å²) in [5, 5.41) is 19.1. The number of piperazine rings is 1. The minimum absolute atomic E-state index is 0.0143. The molecule has 2 atom stereocenters. The Morgan fingerprint density at radius 3 is 2.64 bits per heavy atom. The topological polar surface area (TPSA) is 67.2 Å². The van der Waals surface area contributed by atoms with E-state index in [1.165, 1.54) is 0 Å². The van der Waals surface area contributed by atoms with Crippen LogP contribution in [0, 0.1) is 5.92 Å². The molecule has 0 aromatic carbocycles. The van der Waals surface area contributed by atoms with Crippen LogP contribution in [0.25, 0.3) is 0 Å². The summed E-state index contributed by atoms with van der Waals surface area (Å²) in [6.07, 6.45) is 0.699. The number of fused-ring (bicyclic) bond motifs is 2. The minimum Gasteiger partial charge on any atom is -0.396 e. The highest BCUT2D eigenvalue weighted by Gasteiger charge is 2.56. The van der Waals surface area contributed by atoms with Crippen molar-refractivity contribution in [2.75, 3.05) is 45.9 Å². The normalized spacial score (nSPS) is 31.6. The number of aliphatic hydroxyl groups excluding tert-OH is 2. The first kappa shape index (κ1) is 16.2. The summed E-state index contributed by atoms with van der Waals surface area (Å²) in [5.74, 6) is 0.693. The molecule has 6 nitrogen and oxygen atoms in total. The zero-order valence-corrected chi connectivity index (χ0v) is 13.7. The van der Waals surface area contributed by atoms with Gasteiger partial charge in [0.05, 0.1) is 18.2 Å². The molecule has 3 rings (SSSR count). The monoisotopic (exact) mass is 311 g/mol. The quantitative estimate of drug-likeness (QED) is 0.723. The Morgan fingerprint density at radius 2 is 2.00 bits per heavy atom. The molecule has 0 unspecified atom stereocenters. The molecular formula is C16H29N3O3. The van der Waals surface area contributed by atoms with Crippen molar-refractivity contribution in [3.8, 4) is 0 Å². The number of carbonyl (C=O) groups excluding carboxylic acids is 1. The van der Waals surface area contributed by atoms with Crippen molar-refractivity contribution < 1.29 is 15.0 Å². The van der Waals surface area contributed by atoms with Crippen LogP contribution in [0.1, 0.15) is 26.7 Å². The molecule has 22 heavy (non-hydrogen) atoms. The number of hydrogen-bond acceptors (Lipinski definition) is 5. The molecule has 3 aliphatic heterocycles. The average Bonchev–Trinajstić information content (AvgIpc) is 2.77. The molecule has 3 aliphatic rings. The highest BCUT2D eigenvalue weighted by atomic mass is 16.3. The second-order valence-electron chi connectivity index (χ2n) is 7.73. The lowest BCUT2D eigenvalue weighted by Crippen LogP contribution is -2.78. The Labute approximate surface area is 132 Å².